The van der Waals surface area contributed by atoms with Crippen molar-refractivity contribution in [2.24, 2.45) is 10.9 Å². The van der Waals surface area contributed by atoms with Crippen LogP contribution in [0.4, 0.5) is 0 Å². The van der Waals surface area contributed by atoms with Crippen LogP contribution in [0, 0.1) is 5.92 Å². The van der Waals surface area contributed by atoms with E-state index < -0.39 is 0 Å². The van der Waals surface area contributed by atoms with E-state index in [1.54, 1.807) is 0 Å². The predicted octanol–water partition coefficient (Wildman–Crippen LogP) is 4.04. The highest BCUT2D eigenvalue weighted by molar-refractivity contribution is 14.0. The highest BCUT2D eigenvalue weighted by atomic mass is 127. The molecule has 0 atom stereocenters. The minimum Gasteiger partial charge on any atom is -0.493 e. The summed E-state index contributed by atoms with van der Waals surface area (Å²) < 4.78 is 11.7. The van der Waals surface area contributed by atoms with Crippen molar-refractivity contribution in [2.45, 2.75) is 65.1 Å². The van der Waals surface area contributed by atoms with Crippen LogP contribution in [-0.4, -0.2) is 62.4 Å². The van der Waals surface area contributed by atoms with Gasteiger partial charge in [0.2, 0.25) is 0 Å². The van der Waals surface area contributed by atoms with Gasteiger partial charge in [-0.15, -0.1) is 24.0 Å². The summed E-state index contributed by atoms with van der Waals surface area (Å²) in [4.78, 5) is 7.35. The van der Waals surface area contributed by atoms with Crippen LogP contribution >= 0.6 is 24.0 Å². The molecule has 0 radical (unpaired) electrons. The van der Waals surface area contributed by atoms with Crippen molar-refractivity contribution in [1.82, 2.24) is 15.5 Å². The van der Waals surface area contributed by atoms with Crippen LogP contribution in [0.5, 0.6) is 5.75 Å². The van der Waals surface area contributed by atoms with Gasteiger partial charge in [0.05, 0.1) is 25.9 Å². The Morgan fingerprint density at radius 2 is 1.90 bits per heavy atom. The molecule has 1 saturated heterocycles. The summed E-state index contributed by atoms with van der Waals surface area (Å²) in [6.07, 6.45) is 5.18. The zero-order valence-corrected chi connectivity index (χ0v) is 21.8. The number of halogens is 1. The molecule has 1 saturated carbocycles. The lowest BCUT2D eigenvalue weighted by molar-refractivity contribution is 0.0532. The van der Waals surface area contributed by atoms with E-state index in [9.17, 15) is 0 Å². The largest absolute Gasteiger partial charge is 0.493 e. The number of aliphatic imine (C=N–C) groups is 1. The Hall–Kier alpha value is -1.06. The molecule has 176 valence electrons. The van der Waals surface area contributed by atoms with Gasteiger partial charge in [-0.1, -0.05) is 18.2 Å². The third kappa shape index (κ3) is 9.95. The third-order valence-electron chi connectivity index (χ3n) is 5.68. The Kier molecular flexibility index (Phi) is 12.0. The second-order valence-corrected chi connectivity index (χ2v) is 8.74. The number of piperidine rings is 1. The van der Waals surface area contributed by atoms with Crippen molar-refractivity contribution >= 4 is 29.9 Å². The molecule has 1 aliphatic heterocycles. The molecule has 0 bridgehead atoms. The van der Waals surface area contributed by atoms with Gasteiger partial charge in [-0.25, -0.2) is 4.99 Å². The van der Waals surface area contributed by atoms with E-state index in [0.717, 1.165) is 75.4 Å². The SMILES string of the molecule is CCNC(=NCc1ccccc1OCC1CC1)NC1CCN(CCOC(C)C)CC1.I. The number of nitrogens with one attached hydrogen (secondary N) is 2. The molecule has 1 aromatic rings. The normalized spacial score (nSPS) is 18.0. The lowest BCUT2D eigenvalue weighted by Crippen LogP contribution is -2.49. The molecule has 0 amide bonds. The monoisotopic (exact) mass is 544 g/mol. The van der Waals surface area contributed by atoms with Crippen LogP contribution < -0.4 is 15.4 Å². The van der Waals surface area contributed by atoms with Crippen LogP contribution in [0.25, 0.3) is 0 Å². The summed E-state index contributed by atoms with van der Waals surface area (Å²) in [5, 5.41) is 7.04. The number of para-hydroxylation sites is 1. The average molecular weight is 545 g/mol. The smallest absolute Gasteiger partial charge is 0.191 e. The number of likely N-dealkylation sites (tertiary alicyclic amines) is 1. The summed E-state index contributed by atoms with van der Waals surface area (Å²) in [6.45, 7) is 12.7. The Morgan fingerprint density at radius 3 is 2.58 bits per heavy atom. The summed E-state index contributed by atoms with van der Waals surface area (Å²) in [5.74, 6) is 2.63. The molecule has 6 nitrogen and oxygen atoms in total. The molecule has 7 heteroatoms. The Labute approximate surface area is 205 Å². The maximum atomic E-state index is 6.04. The van der Waals surface area contributed by atoms with Crippen molar-refractivity contribution in [3.05, 3.63) is 29.8 Å². The van der Waals surface area contributed by atoms with Gasteiger partial charge in [0.1, 0.15) is 5.75 Å². The summed E-state index contributed by atoms with van der Waals surface area (Å²) in [7, 11) is 0. The standard InChI is InChI=1S/C24H40N4O2.HI/c1-4-25-24(27-22-11-13-28(14-12-22)15-16-29-19(2)3)26-17-21-7-5-6-8-23(21)30-18-20-9-10-20;/h5-8,19-20,22H,4,9-18H2,1-3H3,(H2,25,26,27);1H. The molecule has 1 aromatic carbocycles. The first kappa shape index (κ1) is 26.2. The molecule has 0 spiro atoms. The molecule has 31 heavy (non-hydrogen) atoms. The third-order valence-corrected chi connectivity index (χ3v) is 5.68. The van der Waals surface area contributed by atoms with Crippen LogP contribution in [0.1, 0.15) is 52.0 Å². The van der Waals surface area contributed by atoms with E-state index in [1.165, 1.54) is 12.8 Å². The molecule has 2 aliphatic rings. The number of hydrogen-bond acceptors (Lipinski definition) is 4. The lowest BCUT2D eigenvalue weighted by atomic mass is 10.1. The van der Waals surface area contributed by atoms with Crippen molar-refractivity contribution < 1.29 is 9.47 Å². The Morgan fingerprint density at radius 1 is 1.16 bits per heavy atom. The van der Waals surface area contributed by atoms with Crippen molar-refractivity contribution in [1.29, 1.82) is 0 Å². The summed E-state index contributed by atoms with van der Waals surface area (Å²) in [6, 6.07) is 8.75. The quantitative estimate of drug-likeness (QED) is 0.250. The summed E-state index contributed by atoms with van der Waals surface area (Å²) in [5.41, 5.74) is 1.15. The number of benzene rings is 1. The molecule has 3 rings (SSSR count). The van der Waals surface area contributed by atoms with E-state index in [4.69, 9.17) is 14.5 Å². The first-order chi connectivity index (χ1) is 14.6. The molecular weight excluding hydrogens is 503 g/mol. The Balaban J connectivity index is 0.00000341. The van der Waals surface area contributed by atoms with Crippen molar-refractivity contribution in [3.8, 4) is 5.75 Å². The zero-order chi connectivity index (χ0) is 21.2. The van der Waals surface area contributed by atoms with Crippen LogP contribution in [0.2, 0.25) is 0 Å². The highest BCUT2D eigenvalue weighted by Gasteiger charge is 2.22. The van der Waals surface area contributed by atoms with Gasteiger partial charge in [-0.2, -0.15) is 0 Å². The topological polar surface area (TPSA) is 58.1 Å². The number of rotatable bonds is 11. The van der Waals surface area contributed by atoms with E-state index in [0.29, 0.717) is 18.7 Å². The lowest BCUT2D eigenvalue weighted by Gasteiger charge is -2.33. The molecule has 0 aromatic heterocycles. The van der Waals surface area contributed by atoms with Crippen LogP contribution in [0.3, 0.4) is 0 Å². The fraction of sp³-hybridized carbons (Fsp3) is 0.708. The molecule has 2 fully saturated rings. The van der Waals surface area contributed by atoms with Crippen molar-refractivity contribution in [2.75, 3.05) is 39.4 Å². The first-order valence-electron chi connectivity index (χ1n) is 11.7. The predicted molar refractivity (Wildman–Crippen MR) is 139 cm³/mol. The van der Waals surface area contributed by atoms with Gasteiger partial charge >= 0.3 is 0 Å². The fourth-order valence-corrected chi connectivity index (χ4v) is 3.66. The van der Waals surface area contributed by atoms with Crippen LogP contribution in [0.15, 0.2) is 29.3 Å². The van der Waals surface area contributed by atoms with Gasteiger partial charge < -0.3 is 25.0 Å². The van der Waals surface area contributed by atoms with Gasteiger partial charge in [0.15, 0.2) is 5.96 Å². The number of nitrogens with zero attached hydrogens (tertiary/aromatic N) is 2. The van der Waals surface area contributed by atoms with Gasteiger partial charge in [0, 0.05) is 37.8 Å². The number of ether oxygens (including phenoxy) is 2. The van der Waals surface area contributed by atoms with E-state index in [2.05, 4.69) is 54.5 Å². The maximum absolute atomic E-state index is 6.04. The number of hydrogen-bond donors (Lipinski definition) is 2. The molecule has 1 heterocycles. The highest BCUT2D eigenvalue weighted by Crippen LogP contribution is 2.30. The first-order valence-corrected chi connectivity index (χ1v) is 11.7. The van der Waals surface area contributed by atoms with Gasteiger partial charge in [-0.05, 0) is 58.4 Å². The average Bonchev–Trinajstić information content (AvgIpc) is 3.57. The Bertz CT molecular complexity index is 659. The second kappa shape index (κ2) is 14.2. The minimum atomic E-state index is 0. The van der Waals surface area contributed by atoms with E-state index >= 15 is 0 Å². The van der Waals surface area contributed by atoms with Gasteiger partial charge in [0.25, 0.3) is 0 Å². The molecule has 0 unspecified atom stereocenters. The molecule has 2 N–H and O–H groups in total. The zero-order valence-electron chi connectivity index (χ0n) is 19.4. The second-order valence-electron chi connectivity index (χ2n) is 8.74. The fourth-order valence-electron chi connectivity index (χ4n) is 3.66. The maximum Gasteiger partial charge on any atom is 0.191 e. The molecule has 1 aliphatic carbocycles. The minimum absolute atomic E-state index is 0. The van der Waals surface area contributed by atoms with Crippen LogP contribution in [-0.2, 0) is 11.3 Å². The van der Waals surface area contributed by atoms with Gasteiger partial charge in [-0.3, -0.25) is 0 Å². The number of guanidine groups is 1. The molecular formula is C24H41IN4O2. The van der Waals surface area contributed by atoms with E-state index in [-0.39, 0.29) is 24.0 Å². The van der Waals surface area contributed by atoms with E-state index in [1.807, 2.05) is 6.07 Å². The van der Waals surface area contributed by atoms with Crippen molar-refractivity contribution in [3.63, 3.8) is 0 Å². The summed E-state index contributed by atoms with van der Waals surface area (Å²) >= 11 is 0.